The summed E-state index contributed by atoms with van der Waals surface area (Å²) in [6.07, 6.45) is 0.776. The van der Waals surface area contributed by atoms with Gasteiger partial charge in [0.15, 0.2) is 0 Å². The van der Waals surface area contributed by atoms with Gasteiger partial charge in [-0.15, -0.1) is 0 Å². The second kappa shape index (κ2) is 5.89. The van der Waals surface area contributed by atoms with Crippen molar-refractivity contribution in [2.75, 3.05) is 6.54 Å². The van der Waals surface area contributed by atoms with Gasteiger partial charge in [0.05, 0.1) is 0 Å². The summed E-state index contributed by atoms with van der Waals surface area (Å²) in [5.41, 5.74) is 7.87. The Kier molecular flexibility index (Phi) is 4.24. The Balaban J connectivity index is 2.26. The van der Waals surface area contributed by atoms with Gasteiger partial charge in [-0.25, -0.2) is 0 Å². The molecule has 0 unspecified atom stereocenters. The molecule has 0 aliphatic carbocycles. The zero-order valence-electron chi connectivity index (χ0n) is 10.3. The molecule has 2 nitrogen and oxygen atoms in total. The Morgan fingerprint density at radius 1 is 1.11 bits per heavy atom. The first kappa shape index (κ1) is 12.9. The van der Waals surface area contributed by atoms with E-state index in [9.17, 15) is 0 Å². The molecule has 0 fully saturated rings. The van der Waals surface area contributed by atoms with E-state index in [1.165, 1.54) is 5.56 Å². The van der Waals surface area contributed by atoms with E-state index in [0.717, 1.165) is 23.5 Å². The van der Waals surface area contributed by atoms with Crippen LogP contribution in [0, 0.1) is 6.92 Å². The number of ether oxygens (including phenoxy) is 1. The Morgan fingerprint density at radius 2 is 1.83 bits per heavy atom. The largest absolute Gasteiger partial charge is 0.457 e. The average molecular weight is 262 g/mol. The quantitative estimate of drug-likeness (QED) is 0.905. The Bertz CT molecular complexity index is 523. The third-order valence-corrected chi connectivity index (χ3v) is 2.93. The summed E-state index contributed by atoms with van der Waals surface area (Å²) < 4.78 is 5.86. The van der Waals surface area contributed by atoms with Crippen molar-refractivity contribution in [3.8, 4) is 11.5 Å². The molecule has 2 rings (SSSR count). The van der Waals surface area contributed by atoms with Crippen LogP contribution in [0.1, 0.15) is 11.1 Å². The third-order valence-electron chi connectivity index (χ3n) is 2.69. The molecule has 0 atom stereocenters. The summed E-state index contributed by atoms with van der Waals surface area (Å²) in [7, 11) is 0. The lowest BCUT2D eigenvalue weighted by Crippen LogP contribution is -2.04. The van der Waals surface area contributed by atoms with Gasteiger partial charge in [-0.1, -0.05) is 35.4 Å². The van der Waals surface area contributed by atoms with Gasteiger partial charge >= 0.3 is 0 Å². The van der Waals surface area contributed by atoms with Crippen LogP contribution in [0.5, 0.6) is 11.5 Å². The van der Waals surface area contributed by atoms with Crippen molar-refractivity contribution >= 4 is 11.6 Å². The SMILES string of the molecule is Cc1ccc(Oc2cc(Cl)ccc2CCN)cc1. The van der Waals surface area contributed by atoms with Crippen LogP contribution >= 0.6 is 11.6 Å². The molecule has 0 heterocycles. The average Bonchev–Trinajstić information content (AvgIpc) is 2.36. The highest BCUT2D eigenvalue weighted by atomic mass is 35.5. The molecule has 0 spiro atoms. The van der Waals surface area contributed by atoms with Crippen molar-refractivity contribution in [2.45, 2.75) is 13.3 Å². The van der Waals surface area contributed by atoms with E-state index in [0.29, 0.717) is 11.6 Å². The van der Waals surface area contributed by atoms with Gasteiger partial charge in [-0.2, -0.15) is 0 Å². The lowest BCUT2D eigenvalue weighted by Gasteiger charge is -2.11. The van der Waals surface area contributed by atoms with Crippen LogP contribution in [-0.4, -0.2) is 6.54 Å². The normalized spacial score (nSPS) is 10.4. The molecule has 94 valence electrons. The molecule has 0 radical (unpaired) electrons. The minimum absolute atomic E-state index is 0.589. The standard InChI is InChI=1S/C15H16ClNO/c1-11-2-6-14(7-3-11)18-15-10-13(16)5-4-12(15)8-9-17/h2-7,10H,8-9,17H2,1H3. The first-order chi connectivity index (χ1) is 8.69. The maximum atomic E-state index is 6.00. The highest BCUT2D eigenvalue weighted by molar-refractivity contribution is 6.30. The van der Waals surface area contributed by atoms with Crippen molar-refractivity contribution in [3.63, 3.8) is 0 Å². The van der Waals surface area contributed by atoms with Crippen molar-refractivity contribution in [1.29, 1.82) is 0 Å². The maximum absolute atomic E-state index is 6.00. The van der Waals surface area contributed by atoms with Crippen LogP contribution in [0.4, 0.5) is 0 Å². The van der Waals surface area contributed by atoms with Crippen LogP contribution in [0.2, 0.25) is 5.02 Å². The predicted molar refractivity (Wildman–Crippen MR) is 75.5 cm³/mol. The van der Waals surface area contributed by atoms with E-state index in [4.69, 9.17) is 22.1 Å². The number of rotatable bonds is 4. The van der Waals surface area contributed by atoms with E-state index in [-0.39, 0.29) is 0 Å². The highest BCUT2D eigenvalue weighted by Crippen LogP contribution is 2.28. The highest BCUT2D eigenvalue weighted by Gasteiger charge is 2.05. The molecule has 0 aliphatic rings. The zero-order chi connectivity index (χ0) is 13.0. The van der Waals surface area contributed by atoms with Crippen molar-refractivity contribution < 1.29 is 4.74 Å². The number of benzene rings is 2. The first-order valence-electron chi connectivity index (χ1n) is 5.92. The number of nitrogens with two attached hydrogens (primary N) is 1. The van der Waals surface area contributed by atoms with Gasteiger partial charge in [0.2, 0.25) is 0 Å². The minimum Gasteiger partial charge on any atom is -0.457 e. The molecule has 0 aromatic heterocycles. The van der Waals surface area contributed by atoms with E-state index in [1.54, 1.807) is 0 Å². The molecule has 0 amide bonds. The fourth-order valence-electron chi connectivity index (χ4n) is 1.72. The smallest absolute Gasteiger partial charge is 0.132 e. The summed E-state index contributed by atoms with van der Waals surface area (Å²) in [5.74, 6) is 1.58. The van der Waals surface area contributed by atoms with Crippen molar-refractivity contribution in [3.05, 3.63) is 58.6 Å². The van der Waals surface area contributed by atoms with E-state index in [2.05, 4.69) is 0 Å². The van der Waals surface area contributed by atoms with Gasteiger partial charge in [-0.05, 0) is 49.7 Å². The van der Waals surface area contributed by atoms with Gasteiger partial charge in [-0.3, -0.25) is 0 Å². The fraction of sp³-hybridized carbons (Fsp3) is 0.200. The molecule has 2 N–H and O–H groups in total. The van der Waals surface area contributed by atoms with Crippen LogP contribution in [0.25, 0.3) is 0 Å². The molecule has 0 aliphatic heterocycles. The summed E-state index contributed by atoms with van der Waals surface area (Å²) in [5, 5.41) is 0.665. The molecule has 18 heavy (non-hydrogen) atoms. The summed E-state index contributed by atoms with van der Waals surface area (Å²) in [6.45, 7) is 2.63. The lowest BCUT2D eigenvalue weighted by molar-refractivity contribution is 0.476. The molecule has 2 aromatic carbocycles. The maximum Gasteiger partial charge on any atom is 0.132 e. The molecule has 0 bridgehead atoms. The van der Waals surface area contributed by atoms with Crippen molar-refractivity contribution in [2.24, 2.45) is 5.73 Å². The van der Waals surface area contributed by atoms with Crippen LogP contribution < -0.4 is 10.5 Å². The van der Waals surface area contributed by atoms with E-state index in [1.807, 2.05) is 49.4 Å². The van der Waals surface area contributed by atoms with Crippen molar-refractivity contribution in [1.82, 2.24) is 0 Å². The van der Waals surface area contributed by atoms with Crippen LogP contribution in [0.3, 0.4) is 0 Å². The molecule has 2 aromatic rings. The second-order valence-electron chi connectivity index (χ2n) is 4.21. The summed E-state index contributed by atoms with van der Waals surface area (Å²) >= 11 is 6.00. The number of hydrogen-bond donors (Lipinski definition) is 1. The first-order valence-corrected chi connectivity index (χ1v) is 6.30. The molecular formula is C15H16ClNO. The minimum atomic E-state index is 0.589. The summed E-state index contributed by atoms with van der Waals surface area (Å²) in [6, 6.07) is 13.6. The van der Waals surface area contributed by atoms with Gasteiger partial charge < -0.3 is 10.5 Å². The number of hydrogen-bond acceptors (Lipinski definition) is 2. The monoisotopic (exact) mass is 261 g/mol. The van der Waals surface area contributed by atoms with Gasteiger partial charge in [0.1, 0.15) is 11.5 Å². The second-order valence-corrected chi connectivity index (χ2v) is 4.64. The lowest BCUT2D eigenvalue weighted by atomic mass is 10.1. The Labute approximate surface area is 112 Å². The third kappa shape index (κ3) is 3.25. The molecule has 3 heteroatoms. The molecule has 0 saturated heterocycles. The van der Waals surface area contributed by atoms with E-state index < -0.39 is 0 Å². The zero-order valence-corrected chi connectivity index (χ0v) is 11.1. The van der Waals surface area contributed by atoms with Gasteiger partial charge in [0, 0.05) is 5.02 Å². The molecular weight excluding hydrogens is 246 g/mol. The molecule has 0 saturated carbocycles. The Morgan fingerprint density at radius 3 is 2.50 bits per heavy atom. The van der Waals surface area contributed by atoms with E-state index >= 15 is 0 Å². The number of aryl methyl sites for hydroxylation is 1. The predicted octanol–water partition coefficient (Wildman–Crippen LogP) is 3.94. The number of halogens is 1. The topological polar surface area (TPSA) is 35.2 Å². The van der Waals surface area contributed by atoms with Crippen LogP contribution in [0.15, 0.2) is 42.5 Å². The fourth-order valence-corrected chi connectivity index (χ4v) is 1.88. The Hall–Kier alpha value is -1.51. The van der Waals surface area contributed by atoms with Gasteiger partial charge in [0.25, 0.3) is 0 Å². The summed E-state index contributed by atoms with van der Waals surface area (Å²) in [4.78, 5) is 0. The van der Waals surface area contributed by atoms with Crippen LogP contribution in [-0.2, 0) is 6.42 Å².